The van der Waals surface area contributed by atoms with E-state index < -0.39 is 5.91 Å². The van der Waals surface area contributed by atoms with Gasteiger partial charge in [-0.05, 0) is 41.1 Å². The van der Waals surface area contributed by atoms with E-state index >= 15 is 0 Å². The predicted octanol–water partition coefficient (Wildman–Crippen LogP) is 2.53. The molecule has 2 amide bonds. The molecule has 8 heteroatoms. The number of rotatable bonds is 5. The molecule has 4 rings (SSSR count). The number of nitrogens with zero attached hydrogens (tertiary/aromatic N) is 2. The number of nitrogen functional groups attached to an aromatic ring is 1. The molecule has 2 heterocycles. The molecule has 0 saturated carbocycles. The van der Waals surface area contributed by atoms with E-state index in [4.69, 9.17) is 11.5 Å². The van der Waals surface area contributed by atoms with Crippen molar-refractivity contribution in [3.63, 3.8) is 0 Å². The fraction of sp³-hybridized carbons (Fsp3) is 0.150. The van der Waals surface area contributed by atoms with Gasteiger partial charge in [0.1, 0.15) is 5.03 Å². The van der Waals surface area contributed by atoms with Crippen LogP contribution in [0.4, 0.5) is 5.69 Å². The predicted molar refractivity (Wildman–Crippen MR) is 111 cm³/mol. The van der Waals surface area contributed by atoms with Gasteiger partial charge in [0.2, 0.25) is 5.91 Å². The number of aromatic amines is 1. The molecule has 1 aliphatic rings. The monoisotopic (exact) mass is 393 g/mol. The second-order valence-corrected chi connectivity index (χ2v) is 7.47. The molecule has 0 unspecified atom stereocenters. The van der Waals surface area contributed by atoms with Gasteiger partial charge in [0, 0.05) is 23.2 Å². The number of anilines is 1. The standard InChI is InChI=1S/C20H19N5O2S/c1-10(18(22)26)8-25-9-14-12(4-5-15(21)17(14)20(25)27)11-3-6-16-13(7-11)19(28-2)24-23-16/h3-7H,1,8-9,21H2,2H3,(H2,22,26)(H,23,24). The molecule has 0 bridgehead atoms. The second-order valence-electron chi connectivity index (χ2n) is 6.68. The van der Waals surface area contributed by atoms with Crippen LogP contribution in [0.2, 0.25) is 0 Å². The van der Waals surface area contributed by atoms with Crippen molar-refractivity contribution < 1.29 is 9.59 Å². The number of hydrogen-bond acceptors (Lipinski definition) is 5. The van der Waals surface area contributed by atoms with Gasteiger partial charge in [-0.15, -0.1) is 11.8 Å². The maximum absolute atomic E-state index is 12.9. The smallest absolute Gasteiger partial charge is 0.256 e. The lowest BCUT2D eigenvalue weighted by Crippen LogP contribution is -2.30. The highest BCUT2D eigenvalue weighted by Gasteiger charge is 2.32. The molecule has 0 aliphatic carbocycles. The molecule has 0 spiro atoms. The number of nitrogens with one attached hydrogen (secondary N) is 1. The van der Waals surface area contributed by atoms with Crippen LogP contribution < -0.4 is 11.5 Å². The molecule has 0 atom stereocenters. The number of aromatic nitrogens is 2. The van der Waals surface area contributed by atoms with Gasteiger partial charge in [0.05, 0.1) is 17.6 Å². The molecule has 1 aromatic heterocycles. The Hall–Kier alpha value is -3.26. The number of primary amides is 1. The minimum Gasteiger partial charge on any atom is -0.398 e. The molecule has 2 aromatic carbocycles. The summed E-state index contributed by atoms with van der Waals surface area (Å²) < 4.78 is 0. The van der Waals surface area contributed by atoms with Gasteiger partial charge in [-0.3, -0.25) is 14.7 Å². The fourth-order valence-corrected chi connectivity index (χ4v) is 4.05. The number of carbonyl (C=O) groups is 2. The molecule has 0 fully saturated rings. The number of H-pyrrole nitrogens is 1. The van der Waals surface area contributed by atoms with Crippen molar-refractivity contribution in [1.82, 2.24) is 15.1 Å². The van der Waals surface area contributed by atoms with Crippen LogP contribution in [0.1, 0.15) is 15.9 Å². The summed E-state index contributed by atoms with van der Waals surface area (Å²) in [5.74, 6) is -0.835. The van der Waals surface area contributed by atoms with E-state index in [9.17, 15) is 9.59 Å². The summed E-state index contributed by atoms with van der Waals surface area (Å²) in [7, 11) is 0. The number of hydrogen-bond donors (Lipinski definition) is 3. The average Bonchev–Trinajstić information content (AvgIpc) is 3.23. The molecular weight excluding hydrogens is 374 g/mol. The molecule has 142 valence electrons. The largest absolute Gasteiger partial charge is 0.398 e. The van der Waals surface area contributed by atoms with Crippen LogP contribution in [0.15, 0.2) is 47.5 Å². The van der Waals surface area contributed by atoms with Crippen molar-refractivity contribution in [2.45, 2.75) is 11.6 Å². The zero-order valence-corrected chi connectivity index (χ0v) is 16.1. The van der Waals surface area contributed by atoms with Gasteiger partial charge in [0.15, 0.2) is 0 Å². The summed E-state index contributed by atoms with van der Waals surface area (Å²) in [6.07, 6.45) is 1.98. The van der Waals surface area contributed by atoms with E-state index in [2.05, 4.69) is 22.8 Å². The van der Waals surface area contributed by atoms with E-state index in [-0.39, 0.29) is 18.0 Å². The van der Waals surface area contributed by atoms with E-state index in [0.717, 1.165) is 32.6 Å². The van der Waals surface area contributed by atoms with E-state index in [0.29, 0.717) is 17.8 Å². The average molecular weight is 393 g/mol. The Labute approximate surface area is 165 Å². The zero-order valence-electron chi connectivity index (χ0n) is 15.3. The molecule has 0 radical (unpaired) electrons. The summed E-state index contributed by atoms with van der Waals surface area (Å²) >= 11 is 1.57. The summed E-state index contributed by atoms with van der Waals surface area (Å²) in [5.41, 5.74) is 16.2. The van der Waals surface area contributed by atoms with E-state index in [1.54, 1.807) is 22.7 Å². The molecular formula is C20H19N5O2S. The third-order valence-corrected chi connectivity index (χ3v) is 5.66. The Morgan fingerprint density at radius 2 is 2.14 bits per heavy atom. The zero-order chi connectivity index (χ0) is 20.0. The van der Waals surface area contributed by atoms with Crippen molar-refractivity contribution in [2.75, 3.05) is 18.5 Å². The number of amides is 2. The van der Waals surface area contributed by atoms with Gasteiger partial charge < -0.3 is 16.4 Å². The van der Waals surface area contributed by atoms with E-state index in [1.165, 1.54) is 0 Å². The fourth-order valence-electron chi connectivity index (χ4n) is 3.52. The first-order valence-corrected chi connectivity index (χ1v) is 9.84. The molecule has 7 nitrogen and oxygen atoms in total. The van der Waals surface area contributed by atoms with Crippen LogP contribution in [0.25, 0.3) is 22.0 Å². The minimum atomic E-state index is -0.619. The van der Waals surface area contributed by atoms with Crippen molar-refractivity contribution in [3.8, 4) is 11.1 Å². The summed E-state index contributed by atoms with van der Waals surface area (Å²) in [6.45, 7) is 4.08. The lowest BCUT2D eigenvalue weighted by Gasteiger charge is -2.15. The Morgan fingerprint density at radius 1 is 1.36 bits per heavy atom. The topological polar surface area (TPSA) is 118 Å². The first-order chi connectivity index (χ1) is 13.4. The first kappa shape index (κ1) is 18.1. The first-order valence-electron chi connectivity index (χ1n) is 8.61. The highest BCUT2D eigenvalue weighted by Crippen LogP contribution is 2.37. The minimum absolute atomic E-state index is 0.0825. The van der Waals surface area contributed by atoms with Crippen LogP contribution in [0.3, 0.4) is 0 Å². The van der Waals surface area contributed by atoms with Crippen LogP contribution in [0.5, 0.6) is 0 Å². The van der Waals surface area contributed by atoms with Crippen LogP contribution in [-0.2, 0) is 11.3 Å². The van der Waals surface area contributed by atoms with Crippen LogP contribution >= 0.6 is 11.8 Å². The van der Waals surface area contributed by atoms with Gasteiger partial charge in [-0.2, -0.15) is 5.10 Å². The Morgan fingerprint density at radius 3 is 2.86 bits per heavy atom. The molecule has 1 aliphatic heterocycles. The van der Waals surface area contributed by atoms with Crippen molar-refractivity contribution >= 4 is 40.2 Å². The van der Waals surface area contributed by atoms with Crippen LogP contribution in [-0.4, -0.2) is 39.7 Å². The SMILES string of the molecule is C=C(CN1Cc2c(-c3ccc4[nH]nc(SC)c4c3)ccc(N)c2C1=O)C(N)=O. The number of carbonyl (C=O) groups excluding carboxylic acids is 2. The van der Waals surface area contributed by atoms with Gasteiger partial charge in [-0.1, -0.05) is 18.7 Å². The quantitative estimate of drug-likeness (QED) is 0.350. The highest BCUT2D eigenvalue weighted by molar-refractivity contribution is 7.98. The number of thioether (sulfide) groups is 1. The van der Waals surface area contributed by atoms with Gasteiger partial charge in [0.25, 0.3) is 5.91 Å². The van der Waals surface area contributed by atoms with Gasteiger partial charge in [-0.25, -0.2) is 0 Å². The second kappa shape index (κ2) is 6.72. The third-order valence-electron chi connectivity index (χ3n) is 4.96. The summed E-state index contributed by atoms with van der Waals surface area (Å²) in [5, 5.41) is 9.27. The molecule has 0 saturated heterocycles. The maximum Gasteiger partial charge on any atom is 0.256 e. The number of fused-ring (bicyclic) bond motifs is 2. The number of nitrogens with two attached hydrogens (primary N) is 2. The van der Waals surface area contributed by atoms with E-state index in [1.807, 2.05) is 24.5 Å². The summed E-state index contributed by atoms with van der Waals surface area (Å²) in [4.78, 5) is 25.7. The molecule has 3 aromatic rings. The lowest BCUT2D eigenvalue weighted by atomic mass is 9.95. The summed E-state index contributed by atoms with van der Waals surface area (Å²) in [6, 6.07) is 9.70. The molecule has 28 heavy (non-hydrogen) atoms. The third kappa shape index (κ3) is 2.82. The van der Waals surface area contributed by atoms with Crippen molar-refractivity contribution in [3.05, 3.63) is 53.6 Å². The highest BCUT2D eigenvalue weighted by atomic mass is 32.2. The Bertz CT molecular complexity index is 1150. The van der Waals surface area contributed by atoms with Gasteiger partial charge >= 0.3 is 0 Å². The van der Waals surface area contributed by atoms with Crippen molar-refractivity contribution in [1.29, 1.82) is 0 Å². The maximum atomic E-state index is 12.9. The lowest BCUT2D eigenvalue weighted by molar-refractivity contribution is -0.114. The number of benzene rings is 2. The van der Waals surface area contributed by atoms with Crippen LogP contribution in [0, 0.1) is 0 Å². The normalized spacial score (nSPS) is 13.2. The van der Waals surface area contributed by atoms with Crippen molar-refractivity contribution in [2.24, 2.45) is 5.73 Å². The molecule has 5 N–H and O–H groups in total. The Kier molecular flexibility index (Phi) is 4.35. The Balaban J connectivity index is 1.79.